The fourth-order valence-electron chi connectivity index (χ4n) is 10.2. The van der Waals surface area contributed by atoms with Gasteiger partial charge in [-0.3, -0.25) is 37.3 Å². The molecule has 0 fully saturated rings. The molecular formula is C89H144O17P2. The maximum atomic E-state index is 13.1. The number of aliphatic hydroxyl groups excluding tert-OH is 1. The Labute approximate surface area is 654 Å². The molecule has 0 rings (SSSR count). The summed E-state index contributed by atoms with van der Waals surface area (Å²) in [4.78, 5) is 73.1. The molecule has 0 aliphatic rings. The number of rotatable bonds is 75. The summed E-state index contributed by atoms with van der Waals surface area (Å²) in [5, 5.41) is 10.7. The van der Waals surface area contributed by atoms with Gasteiger partial charge in [0.05, 0.1) is 32.8 Å². The zero-order valence-corrected chi connectivity index (χ0v) is 68.7. The largest absolute Gasteiger partial charge is 0.472 e. The van der Waals surface area contributed by atoms with E-state index in [4.69, 9.17) is 37.0 Å². The molecule has 5 atom stereocenters. The van der Waals surface area contributed by atoms with Crippen LogP contribution in [0.1, 0.15) is 297 Å². The Kier molecular flexibility index (Phi) is 75.0. The van der Waals surface area contributed by atoms with Crippen molar-refractivity contribution in [2.75, 3.05) is 39.6 Å². The van der Waals surface area contributed by atoms with Crippen molar-refractivity contribution in [3.63, 3.8) is 0 Å². The summed E-state index contributed by atoms with van der Waals surface area (Å²) < 4.78 is 68.5. The highest BCUT2D eigenvalue weighted by Gasteiger charge is 2.30. The van der Waals surface area contributed by atoms with Crippen molar-refractivity contribution in [3.05, 3.63) is 182 Å². The first-order valence-corrected chi connectivity index (χ1v) is 44.0. The van der Waals surface area contributed by atoms with Crippen LogP contribution in [0.3, 0.4) is 0 Å². The number of carbonyl (C=O) groups is 4. The van der Waals surface area contributed by atoms with E-state index in [1.165, 1.54) is 38.5 Å². The van der Waals surface area contributed by atoms with E-state index in [1.54, 1.807) is 12.2 Å². The van der Waals surface area contributed by atoms with Gasteiger partial charge in [-0.2, -0.15) is 0 Å². The molecule has 0 bridgehead atoms. The highest BCUT2D eigenvalue weighted by molar-refractivity contribution is 7.47. The third-order valence-corrected chi connectivity index (χ3v) is 18.3. The Morgan fingerprint density at radius 2 is 0.519 bits per heavy atom. The molecule has 0 aromatic rings. The summed E-state index contributed by atoms with van der Waals surface area (Å²) in [7, 11) is -10.0. The van der Waals surface area contributed by atoms with E-state index in [9.17, 15) is 43.2 Å². The van der Waals surface area contributed by atoms with Gasteiger partial charge in [0, 0.05) is 19.3 Å². The molecule has 108 heavy (non-hydrogen) atoms. The minimum absolute atomic E-state index is 0.0727. The number of hydrogen-bond donors (Lipinski definition) is 3. The highest BCUT2D eigenvalue weighted by Crippen LogP contribution is 2.45. The summed E-state index contributed by atoms with van der Waals surface area (Å²) >= 11 is 0. The maximum Gasteiger partial charge on any atom is 0.472 e. The topological polar surface area (TPSA) is 237 Å². The molecular weight excluding hydrogens is 1400 g/mol. The summed E-state index contributed by atoms with van der Waals surface area (Å²) in [6.45, 7) is 4.34. The van der Waals surface area contributed by atoms with Crippen molar-refractivity contribution in [1.29, 1.82) is 0 Å². The fraction of sp³-hybridized carbons (Fsp3) is 0.618. The van der Waals surface area contributed by atoms with Gasteiger partial charge in [-0.05, 0) is 161 Å². The number of aliphatic hydroxyl groups is 1. The predicted molar refractivity (Wildman–Crippen MR) is 445 cm³/mol. The molecule has 0 aliphatic heterocycles. The number of unbranched alkanes of at least 4 members (excludes halogenated alkanes) is 20. The Balaban J connectivity index is 5.49. The summed E-state index contributed by atoms with van der Waals surface area (Å²) in [5.74, 6) is -2.40. The van der Waals surface area contributed by atoms with E-state index in [0.29, 0.717) is 25.7 Å². The predicted octanol–water partition coefficient (Wildman–Crippen LogP) is 24.3. The summed E-state index contributed by atoms with van der Waals surface area (Å²) in [6, 6.07) is 0. The van der Waals surface area contributed by atoms with Crippen LogP contribution in [-0.2, 0) is 65.4 Å². The van der Waals surface area contributed by atoms with E-state index >= 15 is 0 Å². The third kappa shape index (κ3) is 78.3. The van der Waals surface area contributed by atoms with Gasteiger partial charge in [0.15, 0.2) is 12.2 Å². The van der Waals surface area contributed by atoms with Crippen LogP contribution < -0.4 is 0 Å². The van der Waals surface area contributed by atoms with E-state index in [-0.39, 0.29) is 25.7 Å². The lowest BCUT2D eigenvalue weighted by atomic mass is 10.1. The van der Waals surface area contributed by atoms with Crippen molar-refractivity contribution in [3.8, 4) is 0 Å². The van der Waals surface area contributed by atoms with E-state index in [2.05, 4.69) is 186 Å². The second-order valence-corrected chi connectivity index (χ2v) is 29.5. The molecule has 19 heteroatoms. The number of ether oxygens (including phenoxy) is 4. The van der Waals surface area contributed by atoms with Crippen molar-refractivity contribution < 1.29 is 80.2 Å². The van der Waals surface area contributed by atoms with Crippen LogP contribution in [0.15, 0.2) is 182 Å². The number of phosphoric ester groups is 2. The molecule has 0 heterocycles. The van der Waals surface area contributed by atoms with E-state index in [0.717, 1.165) is 180 Å². The number of carbonyl (C=O) groups excluding carboxylic acids is 4. The molecule has 0 aliphatic carbocycles. The zero-order valence-electron chi connectivity index (χ0n) is 66.9. The smallest absolute Gasteiger partial charge is 0.462 e. The maximum absolute atomic E-state index is 13.1. The van der Waals surface area contributed by atoms with Gasteiger partial charge in [-0.1, -0.05) is 293 Å². The normalized spacial score (nSPS) is 14.8. The third-order valence-electron chi connectivity index (χ3n) is 16.4. The second kappa shape index (κ2) is 79.3. The molecule has 0 saturated heterocycles. The van der Waals surface area contributed by atoms with Gasteiger partial charge in [-0.25, -0.2) is 9.13 Å². The van der Waals surface area contributed by atoms with Crippen LogP contribution in [0.4, 0.5) is 0 Å². The van der Waals surface area contributed by atoms with Gasteiger partial charge >= 0.3 is 39.5 Å². The molecule has 0 saturated carbocycles. The lowest BCUT2D eigenvalue weighted by molar-refractivity contribution is -0.161. The fourth-order valence-corrected chi connectivity index (χ4v) is 11.8. The monoisotopic (exact) mass is 1550 g/mol. The first-order valence-electron chi connectivity index (χ1n) is 41.0. The molecule has 0 radical (unpaired) electrons. The Morgan fingerprint density at radius 3 is 0.843 bits per heavy atom. The van der Waals surface area contributed by atoms with Crippen LogP contribution in [0, 0.1) is 0 Å². The molecule has 3 N–H and O–H groups in total. The number of allylic oxidation sites excluding steroid dienone is 29. The van der Waals surface area contributed by atoms with E-state index in [1.807, 2.05) is 12.2 Å². The standard InChI is InChI=1S/C89H144O17P2/c1-5-9-13-17-21-25-29-33-37-39-41-43-47-49-53-57-61-65-69-73-86(91)99-79-84(105-88(93)75-71-67-63-59-55-51-45-35-31-27-23-19-15-11-7-3)81-103-107(95,96)101-77-83(90)78-102-108(97,98)104-82-85(106-89(94)76-72-68-64-60-56-52-46-36-32-28-24-20-16-12-8-4)80-100-87(92)74-70-66-62-58-54-50-48-44-42-40-38-34-30-26-22-18-14-10-6-2/h9-11,13-15,21-23,25-27,33-38,41-46,49,53,55,59,67,71,83-85,90H,5-8,12,16-20,24,28-32,39-40,47-48,50-52,54,56-58,60-66,68-70,72-82H2,1-4H3,(H,95,96)(H,97,98)/b13-9-,14-10-,15-11-,25-21-,26-22-,27-23-,37-33-,38-34-,43-41-,44-42-,45-35-,46-36-,53-49-,59-55-,71-67-. The van der Waals surface area contributed by atoms with Gasteiger partial charge in [0.1, 0.15) is 19.3 Å². The quantitative estimate of drug-likeness (QED) is 0.0169. The average Bonchev–Trinajstić information content (AvgIpc) is 0.923. The Hall–Kier alpha value is -5.84. The number of esters is 4. The minimum atomic E-state index is -5.02. The Morgan fingerprint density at radius 1 is 0.278 bits per heavy atom. The van der Waals surface area contributed by atoms with Crippen molar-refractivity contribution in [1.82, 2.24) is 0 Å². The molecule has 0 aromatic heterocycles. The van der Waals surface area contributed by atoms with Gasteiger partial charge in [0.25, 0.3) is 0 Å². The van der Waals surface area contributed by atoms with Gasteiger partial charge in [-0.15, -0.1) is 0 Å². The number of phosphoric acid groups is 2. The van der Waals surface area contributed by atoms with Crippen LogP contribution in [0.25, 0.3) is 0 Å². The average molecular weight is 1550 g/mol. The van der Waals surface area contributed by atoms with Crippen LogP contribution >= 0.6 is 15.6 Å². The van der Waals surface area contributed by atoms with E-state index < -0.39 is 97.5 Å². The molecule has 0 aromatic carbocycles. The van der Waals surface area contributed by atoms with Crippen molar-refractivity contribution in [2.45, 2.75) is 316 Å². The van der Waals surface area contributed by atoms with Crippen molar-refractivity contribution in [2.24, 2.45) is 0 Å². The summed E-state index contributed by atoms with van der Waals surface area (Å²) in [5.41, 5.74) is 0. The van der Waals surface area contributed by atoms with Gasteiger partial charge in [0.2, 0.25) is 0 Å². The first kappa shape index (κ1) is 102. The van der Waals surface area contributed by atoms with Crippen LogP contribution in [0.5, 0.6) is 0 Å². The highest BCUT2D eigenvalue weighted by atomic mass is 31.2. The van der Waals surface area contributed by atoms with Crippen molar-refractivity contribution >= 4 is 39.5 Å². The number of hydrogen-bond acceptors (Lipinski definition) is 15. The van der Waals surface area contributed by atoms with Crippen LogP contribution in [-0.4, -0.2) is 96.7 Å². The zero-order chi connectivity index (χ0) is 78.9. The molecule has 0 amide bonds. The second-order valence-electron chi connectivity index (χ2n) is 26.6. The lowest BCUT2D eigenvalue weighted by Crippen LogP contribution is -2.30. The molecule has 17 nitrogen and oxygen atoms in total. The summed E-state index contributed by atoms with van der Waals surface area (Å²) in [6.07, 6.45) is 96.1. The first-order chi connectivity index (χ1) is 52.7. The molecule has 0 spiro atoms. The lowest BCUT2D eigenvalue weighted by Gasteiger charge is -2.21. The van der Waals surface area contributed by atoms with Crippen LogP contribution in [0.2, 0.25) is 0 Å². The minimum Gasteiger partial charge on any atom is -0.462 e. The van der Waals surface area contributed by atoms with Gasteiger partial charge < -0.3 is 33.8 Å². The SMILES string of the molecule is CC/C=C\C/C=C\C/C=C\C/C=C\C/C=C\CCCCCC(=O)OCC(COP(=O)(O)OCC(O)COP(=O)(O)OCC(COC(=O)CCCCCCCC/C=C\C/C=C\C/C=C\C/C=C\CC)OC(=O)CCCCCCC/C=C\CCCCCCCC)OC(=O)C/C=C\C/C=C\C/C=C\C/C=C\C/C=C\CC. The molecule has 612 valence electrons. The molecule has 5 unspecified atom stereocenters. The Bertz CT molecular complexity index is 2760.